The van der Waals surface area contributed by atoms with Gasteiger partial charge in [0.1, 0.15) is 0 Å². The van der Waals surface area contributed by atoms with Gasteiger partial charge >= 0.3 is 0 Å². The van der Waals surface area contributed by atoms with E-state index in [1.165, 1.54) is 11.1 Å². The van der Waals surface area contributed by atoms with Crippen LogP contribution in [0.1, 0.15) is 17.2 Å². The Morgan fingerprint density at radius 1 is 1.53 bits per heavy atom. The van der Waals surface area contributed by atoms with Gasteiger partial charge in [-0.3, -0.25) is 10.1 Å². The molecule has 1 aromatic rings. The Labute approximate surface area is 88.4 Å². The Bertz CT molecular complexity index is 365. The number of amides is 1. The number of rotatable bonds is 3. The van der Waals surface area contributed by atoms with E-state index in [-0.39, 0.29) is 18.5 Å². The lowest BCUT2D eigenvalue weighted by Gasteiger charge is -2.26. The lowest BCUT2D eigenvalue weighted by molar-refractivity contribution is -0.117. The summed E-state index contributed by atoms with van der Waals surface area (Å²) in [6.07, 6.45) is 0. The van der Waals surface area contributed by atoms with Gasteiger partial charge in [-0.15, -0.1) is 0 Å². The molecule has 0 aromatic heterocycles. The molecule has 3 N–H and O–H groups in total. The van der Waals surface area contributed by atoms with Gasteiger partial charge in [0.15, 0.2) is 0 Å². The fourth-order valence-corrected chi connectivity index (χ4v) is 1.77. The number of primary amides is 1. The number of benzene rings is 1. The molecule has 0 aliphatic carbocycles. The fourth-order valence-electron chi connectivity index (χ4n) is 1.77. The summed E-state index contributed by atoms with van der Waals surface area (Å²) in [5.41, 5.74) is 7.46. The number of fused-ring (bicyclic) bond motifs is 1. The number of nitrogens with two attached hydrogens (primary N) is 1. The van der Waals surface area contributed by atoms with E-state index in [0.29, 0.717) is 13.2 Å². The highest BCUT2D eigenvalue weighted by Crippen LogP contribution is 2.23. The third-order valence-corrected chi connectivity index (χ3v) is 2.50. The molecule has 1 atom stereocenters. The van der Waals surface area contributed by atoms with Crippen LogP contribution in [0.2, 0.25) is 0 Å². The SMILES string of the molecule is NC(=O)CNC1COCc2ccccc21. The average Bonchev–Trinajstić information content (AvgIpc) is 2.26. The minimum Gasteiger partial charge on any atom is -0.375 e. The van der Waals surface area contributed by atoms with Crippen molar-refractivity contribution in [3.63, 3.8) is 0 Å². The largest absolute Gasteiger partial charge is 0.375 e. The maximum atomic E-state index is 10.7. The van der Waals surface area contributed by atoms with Crippen LogP contribution in [0, 0.1) is 0 Å². The molecule has 4 heteroatoms. The zero-order valence-corrected chi connectivity index (χ0v) is 8.40. The number of nitrogens with one attached hydrogen (secondary N) is 1. The molecule has 80 valence electrons. The zero-order valence-electron chi connectivity index (χ0n) is 8.40. The highest BCUT2D eigenvalue weighted by atomic mass is 16.5. The molecule has 1 unspecified atom stereocenters. The van der Waals surface area contributed by atoms with E-state index in [4.69, 9.17) is 10.5 Å². The Morgan fingerprint density at radius 2 is 2.33 bits per heavy atom. The van der Waals surface area contributed by atoms with Gasteiger partial charge in [0, 0.05) is 0 Å². The summed E-state index contributed by atoms with van der Waals surface area (Å²) >= 11 is 0. The van der Waals surface area contributed by atoms with Crippen molar-refractivity contribution in [1.29, 1.82) is 0 Å². The van der Waals surface area contributed by atoms with Crippen LogP contribution in [-0.4, -0.2) is 19.1 Å². The molecule has 0 bridgehead atoms. The van der Waals surface area contributed by atoms with Gasteiger partial charge in [-0.25, -0.2) is 0 Å². The molecule has 1 aromatic carbocycles. The van der Waals surface area contributed by atoms with Crippen molar-refractivity contribution in [2.24, 2.45) is 5.73 Å². The first-order chi connectivity index (χ1) is 7.27. The molecule has 1 aliphatic heterocycles. The second-order valence-corrected chi connectivity index (χ2v) is 3.61. The normalized spacial score (nSPS) is 19.6. The molecule has 0 fully saturated rings. The summed E-state index contributed by atoms with van der Waals surface area (Å²) in [7, 11) is 0. The second-order valence-electron chi connectivity index (χ2n) is 3.61. The highest BCUT2D eigenvalue weighted by molar-refractivity contribution is 5.75. The van der Waals surface area contributed by atoms with Crippen LogP contribution in [0.25, 0.3) is 0 Å². The molecule has 1 amide bonds. The van der Waals surface area contributed by atoms with Crippen LogP contribution in [-0.2, 0) is 16.1 Å². The van der Waals surface area contributed by atoms with Crippen molar-refractivity contribution in [2.75, 3.05) is 13.2 Å². The lowest BCUT2D eigenvalue weighted by Crippen LogP contribution is -2.35. The smallest absolute Gasteiger partial charge is 0.231 e. The Balaban J connectivity index is 2.11. The van der Waals surface area contributed by atoms with Crippen LogP contribution >= 0.6 is 0 Å². The number of hydrogen-bond acceptors (Lipinski definition) is 3. The molecule has 15 heavy (non-hydrogen) atoms. The number of carbonyl (C=O) groups excluding carboxylic acids is 1. The summed E-state index contributed by atoms with van der Waals surface area (Å²) < 4.78 is 5.43. The van der Waals surface area contributed by atoms with Gasteiger partial charge in [0.05, 0.1) is 25.8 Å². The van der Waals surface area contributed by atoms with Crippen molar-refractivity contribution in [1.82, 2.24) is 5.32 Å². The van der Waals surface area contributed by atoms with Crippen molar-refractivity contribution < 1.29 is 9.53 Å². The zero-order chi connectivity index (χ0) is 10.7. The number of ether oxygens (including phenoxy) is 1. The Hall–Kier alpha value is -1.39. The lowest BCUT2D eigenvalue weighted by atomic mass is 9.99. The number of carbonyl (C=O) groups is 1. The summed E-state index contributed by atoms with van der Waals surface area (Å²) in [5, 5.41) is 3.08. The third kappa shape index (κ3) is 2.34. The second kappa shape index (κ2) is 4.42. The van der Waals surface area contributed by atoms with Crippen LogP contribution in [0.5, 0.6) is 0 Å². The van der Waals surface area contributed by atoms with Crippen LogP contribution in [0.15, 0.2) is 24.3 Å². The predicted octanol–water partition coefficient (Wildman–Crippen LogP) is 0.333. The van der Waals surface area contributed by atoms with E-state index in [1.807, 2.05) is 18.2 Å². The van der Waals surface area contributed by atoms with Gasteiger partial charge in [-0.2, -0.15) is 0 Å². The molecular formula is C11H14N2O2. The molecule has 1 aliphatic rings. The number of hydrogen-bond donors (Lipinski definition) is 2. The standard InChI is InChI=1S/C11H14N2O2/c12-11(14)5-13-10-7-15-6-8-3-1-2-4-9(8)10/h1-4,10,13H,5-7H2,(H2,12,14). The van der Waals surface area contributed by atoms with Gasteiger partial charge in [0.25, 0.3) is 0 Å². The quantitative estimate of drug-likeness (QED) is 0.749. The van der Waals surface area contributed by atoms with E-state index in [1.54, 1.807) is 0 Å². The monoisotopic (exact) mass is 206 g/mol. The van der Waals surface area contributed by atoms with Crippen molar-refractivity contribution in [2.45, 2.75) is 12.6 Å². The molecule has 0 saturated heterocycles. The van der Waals surface area contributed by atoms with Crippen LogP contribution < -0.4 is 11.1 Å². The first-order valence-electron chi connectivity index (χ1n) is 4.94. The Morgan fingerprint density at radius 3 is 3.13 bits per heavy atom. The van der Waals surface area contributed by atoms with Crippen LogP contribution in [0.3, 0.4) is 0 Å². The van der Waals surface area contributed by atoms with Crippen molar-refractivity contribution >= 4 is 5.91 Å². The Kier molecular flexibility index (Phi) is 2.99. The first-order valence-corrected chi connectivity index (χ1v) is 4.94. The van der Waals surface area contributed by atoms with E-state index in [0.717, 1.165) is 0 Å². The fraction of sp³-hybridized carbons (Fsp3) is 0.364. The highest BCUT2D eigenvalue weighted by Gasteiger charge is 2.19. The van der Waals surface area contributed by atoms with Crippen molar-refractivity contribution in [3.05, 3.63) is 35.4 Å². The van der Waals surface area contributed by atoms with Gasteiger partial charge < -0.3 is 10.5 Å². The summed E-state index contributed by atoms with van der Waals surface area (Å²) in [5.74, 6) is -0.349. The van der Waals surface area contributed by atoms with Crippen molar-refractivity contribution in [3.8, 4) is 0 Å². The van der Waals surface area contributed by atoms with E-state index in [2.05, 4.69) is 11.4 Å². The summed E-state index contributed by atoms with van der Waals surface area (Å²) in [6, 6.07) is 8.13. The molecule has 0 radical (unpaired) electrons. The predicted molar refractivity (Wildman–Crippen MR) is 56.0 cm³/mol. The van der Waals surface area contributed by atoms with E-state index < -0.39 is 0 Å². The first kappa shape index (κ1) is 10.1. The topological polar surface area (TPSA) is 64.4 Å². The van der Waals surface area contributed by atoms with Gasteiger partial charge in [-0.05, 0) is 11.1 Å². The summed E-state index contributed by atoms with van der Waals surface area (Å²) in [6.45, 7) is 1.41. The average molecular weight is 206 g/mol. The molecule has 0 saturated carbocycles. The molecule has 1 heterocycles. The van der Waals surface area contributed by atoms with Gasteiger partial charge in [0.2, 0.25) is 5.91 Å². The minimum absolute atomic E-state index is 0.0717. The maximum Gasteiger partial charge on any atom is 0.231 e. The maximum absolute atomic E-state index is 10.7. The minimum atomic E-state index is -0.349. The van der Waals surface area contributed by atoms with Crippen LogP contribution in [0.4, 0.5) is 0 Å². The van der Waals surface area contributed by atoms with Gasteiger partial charge in [-0.1, -0.05) is 24.3 Å². The third-order valence-electron chi connectivity index (χ3n) is 2.50. The molecule has 4 nitrogen and oxygen atoms in total. The van der Waals surface area contributed by atoms with E-state index in [9.17, 15) is 4.79 Å². The molecule has 2 rings (SSSR count). The molecule has 0 spiro atoms. The van der Waals surface area contributed by atoms with E-state index >= 15 is 0 Å². The molecular weight excluding hydrogens is 192 g/mol. The summed E-state index contributed by atoms with van der Waals surface area (Å²) in [4.78, 5) is 10.7.